The monoisotopic (exact) mass is 295 g/mol. The van der Waals surface area contributed by atoms with E-state index in [9.17, 15) is 14.7 Å². The van der Waals surface area contributed by atoms with Gasteiger partial charge in [-0.3, -0.25) is 9.59 Å². The Hall–Kier alpha value is -1.55. The Morgan fingerprint density at radius 1 is 1.35 bits per heavy atom. The normalized spacial score (nSPS) is 25.4. The number of hydrogen-bond donors (Lipinski definition) is 2. The van der Waals surface area contributed by atoms with Crippen LogP contribution in [0.15, 0.2) is 24.3 Å². The molecule has 0 heterocycles. The van der Waals surface area contributed by atoms with Crippen LogP contribution in [0.3, 0.4) is 0 Å². The number of rotatable bonds is 4. The third-order valence-corrected chi connectivity index (χ3v) is 4.22. The second-order valence-corrected chi connectivity index (χ2v) is 5.73. The molecule has 108 valence electrons. The highest BCUT2D eigenvalue weighted by Gasteiger charge is 2.42. The highest BCUT2D eigenvalue weighted by Crippen LogP contribution is 2.39. The molecule has 0 saturated heterocycles. The molecule has 1 aromatic rings. The first-order valence-corrected chi connectivity index (χ1v) is 7.18. The largest absolute Gasteiger partial charge is 0.481 e. The molecular weight excluding hydrogens is 278 g/mol. The molecule has 1 amide bonds. The van der Waals surface area contributed by atoms with Crippen molar-refractivity contribution in [3.05, 3.63) is 29.3 Å². The molecule has 1 aliphatic rings. The lowest BCUT2D eigenvalue weighted by atomic mass is 9.95. The van der Waals surface area contributed by atoms with Crippen molar-refractivity contribution in [2.24, 2.45) is 17.8 Å². The summed E-state index contributed by atoms with van der Waals surface area (Å²) in [5.41, 5.74) is 0.603. The molecule has 2 N–H and O–H groups in total. The summed E-state index contributed by atoms with van der Waals surface area (Å²) in [7, 11) is 0. The Bertz CT molecular complexity index is 518. The summed E-state index contributed by atoms with van der Waals surface area (Å²) in [6, 6.07) is 6.86. The Labute approximate surface area is 123 Å². The van der Waals surface area contributed by atoms with Gasteiger partial charge < -0.3 is 10.4 Å². The average molecular weight is 296 g/mol. The van der Waals surface area contributed by atoms with Gasteiger partial charge in [-0.25, -0.2) is 0 Å². The lowest BCUT2D eigenvalue weighted by molar-refractivity contribution is -0.145. The van der Waals surface area contributed by atoms with Crippen LogP contribution in [0.2, 0.25) is 5.02 Å². The van der Waals surface area contributed by atoms with Crippen LogP contribution in [0.4, 0.5) is 5.69 Å². The van der Waals surface area contributed by atoms with Gasteiger partial charge in [-0.2, -0.15) is 0 Å². The summed E-state index contributed by atoms with van der Waals surface area (Å²) in [5, 5.41) is 12.6. The molecule has 0 bridgehead atoms. The highest BCUT2D eigenvalue weighted by molar-refractivity contribution is 6.30. The third kappa shape index (κ3) is 3.31. The number of aliphatic carboxylic acids is 1. The molecule has 2 rings (SSSR count). The zero-order valence-corrected chi connectivity index (χ0v) is 12.1. The van der Waals surface area contributed by atoms with Gasteiger partial charge in [0.05, 0.1) is 11.8 Å². The van der Waals surface area contributed by atoms with E-state index in [1.807, 2.05) is 6.92 Å². The van der Waals surface area contributed by atoms with Crippen molar-refractivity contribution in [3.8, 4) is 0 Å². The molecule has 1 saturated carbocycles. The van der Waals surface area contributed by atoms with E-state index in [4.69, 9.17) is 11.6 Å². The second-order valence-electron chi connectivity index (χ2n) is 5.30. The van der Waals surface area contributed by atoms with E-state index in [0.29, 0.717) is 29.5 Å². The van der Waals surface area contributed by atoms with Crippen molar-refractivity contribution >= 4 is 29.2 Å². The van der Waals surface area contributed by atoms with Crippen LogP contribution in [0, 0.1) is 17.8 Å². The number of carbonyl (C=O) groups is 2. The number of carboxylic acid groups (broad SMARTS) is 1. The van der Waals surface area contributed by atoms with Gasteiger partial charge in [0.2, 0.25) is 5.91 Å². The molecule has 1 fully saturated rings. The predicted octanol–water partition coefficient (Wildman–Crippen LogP) is 3.42. The van der Waals surface area contributed by atoms with Gasteiger partial charge in [-0.1, -0.05) is 31.0 Å². The Morgan fingerprint density at radius 2 is 2.05 bits per heavy atom. The van der Waals surface area contributed by atoms with Crippen LogP contribution in [-0.4, -0.2) is 17.0 Å². The summed E-state index contributed by atoms with van der Waals surface area (Å²) in [5.74, 6) is -1.84. The molecule has 4 nitrogen and oxygen atoms in total. The van der Waals surface area contributed by atoms with Crippen LogP contribution in [0.5, 0.6) is 0 Å². The molecular formula is C15H18ClNO3. The van der Waals surface area contributed by atoms with E-state index in [2.05, 4.69) is 5.32 Å². The summed E-state index contributed by atoms with van der Waals surface area (Å²) in [6.07, 6.45) is 2.13. The van der Waals surface area contributed by atoms with E-state index in [-0.39, 0.29) is 5.91 Å². The van der Waals surface area contributed by atoms with E-state index in [1.54, 1.807) is 24.3 Å². The standard InChI is InChI=1S/C15H18ClNO3/c1-2-9-6-12(13(7-9)15(19)20)14(18)17-11-5-3-4-10(16)8-11/h3-5,8-9,12-13H,2,6-7H2,1H3,(H,17,18)(H,19,20). The Balaban J connectivity index is 2.09. The fourth-order valence-corrected chi connectivity index (χ4v) is 3.03. The van der Waals surface area contributed by atoms with Crippen molar-refractivity contribution < 1.29 is 14.7 Å². The summed E-state index contributed by atoms with van der Waals surface area (Å²) < 4.78 is 0. The fraction of sp³-hybridized carbons (Fsp3) is 0.467. The van der Waals surface area contributed by atoms with Crippen LogP contribution >= 0.6 is 11.6 Å². The summed E-state index contributed by atoms with van der Waals surface area (Å²) in [4.78, 5) is 23.6. The summed E-state index contributed by atoms with van der Waals surface area (Å²) in [6.45, 7) is 2.03. The molecule has 0 aliphatic heterocycles. The van der Waals surface area contributed by atoms with Crippen LogP contribution in [0.25, 0.3) is 0 Å². The number of halogens is 1. The minimum absolute atomic E-state index is 0.226. The number of carbonyl (C=O) groups excluding carboxylic acids is 1. The number of benzene rings is 1. The van der Waals surface area contributed by atoms with E-state index >= 15 is 0 Å². The average Bonchev–Trinajstić information content (AvgIpc) is 2.83. The highest BCUT2D eigenvalue weighted by atomic mass is 35.5. The third-order valence-electron chi connectivity index (χ3n) is 3.98. The number of nitrogens with one attached hydrogen (secondary N) is 1. The van der Waals surface area contributed by atoms with Gasteiger partial charge in [0.25, 0.3) is 0 Å². The zero-order valence-electron chi connectivity index (χ0n) is 11.3. The summed E-state index contributed by atoms with van der Waals surface area (Å²) >= 11 is 5.87. The lowest BCUT2D eigenvalue weighted by Crippen LogP contribution is -2.29. The fourth-order valence-electron chi connectivity index (χ4n) is 2.84. The van der Waals surface area contributed by atoms with Crippen LogP contribution in [0.1, 0.15) is 26.2 Å². The maximum absolute atomic E-state index is 12.3. The van der Waals surface area contributed by atoms with E-state index in [0.717, 1.165) is 6.42 Å². The molecule has 1 aromatic carbocycles. The SMILES string of the molecule is CCC1CC(C(=O)O)C(C(=O)Nc2cccc(Cl)c2)C1. The molecule has 5 heteroatoms. The van der Waals surface area contributed by atoms with Gasteiger partial charge in [0.1, 0.15) is 0 Å². The Morgan fingerprint density at radius 3 is 2.65 bits per heavy atom. The number of anilines is 1. The number of carboxylic acids is 1. The molecule has 20 heavy (non-hydrogen) atoms. The zero-order chi connectivity index (χ0) is 14.7. The van der Waals surface area contributed by atoms with Gasteiger partial charge in [0, 0.05) is 10.7 Å². The number of amides is 1. The van der Waals surface area contributed by atoms with Gasteiger partial charge in [0.15, 0.2) is 0 Å². The minimum atomic E-state index is -0.882. The van der Waals surface area contributed by atoms with Crippen LogP contribution in [-0.2, 0) is 9.59 Å². The number of hydrogen-bond acceptors (Lipinski definition) is 2. The van der Waals surface area contributed by atoms with Crippen molar-refractivity contribution in [2.45, 2.75) is 26.2 Å². The Kier molecular flexibility index (Phi) is 4.65. The second kappa shape index (κ2) is 6.27. The van der Waals surface area contributed by atoms with Crippen LogP contribution < -0.4 is 5.32 Å². The lowest BCUT2D eigenvalue weighted by Gasteiger charge is -2.15. The van der Waals surface area contributed by atoms with Crippen molar-refractivity contribution in [1.29, 1.82) is 0 Å². The van der Waals surface area contributed by atoms with Gasteiger partial charge in [-0.15, -0.1) is 0 Å². The first kappa shape index (κ1) is 14.9. The minimum Gasteiger partial charge on any atom is -0.481 e. The molecule has 3 unspecified atom stereocenters. The van der Waals surface area contributed by atoms with Crippen molar-refractivity contribution in [1.82, 2.24) is 0 Å². The maximum Gasteiger partial charge on any atom is 0.307 e. The molecule has 0 aromatic heterocycles. The van der Waals surface area contributed by atoms with E-state index < -0.39 is 17.8 Å². The van der Waals surface area contributed by atoms with Gasteiger partial charge in [-0.05, 0) is 37.0 Å². The smallest absolute Gasteiger partial charge is 0.307 e. The molecule has 0 radical (unpaired) electrons. The first-order chi connectivity index (χ1) is 9.51. The van der Waals surface area contributed by atoms with Gasteiger partial charge >= 0.3 is 5.97 Å². The quantitative estimate of drug-likeness (QED) is 0.894. The van der Waals surface area contributed by atoms with Crippen molar-refractivity contribution in [2.75, 3.05) is 5.32 Å². The van der Waals surface area contributed by atoms with E-state index in [1.165, 1.54) is 0 Å². The van der Waals surface area contributed by atoms with Crippen molar-refractivity contribution in [3.63, 3.8) is 0 Å². The first-order valence-electron chi connectivity index (χ1n) is 6.80. The maximum atomic E-state index is 12.3. The topological polar surface area (TPSA) is 66.4 Å². The predicted molar refractivity (Wildman–Crippen MR) is 77.7 cm³/mol. The molecule has 0 spiro atoms. The molecule has 3 atom stereocenters. The molecule has 1 aliphatic carbocycles.